The number of methoxy groups -OCH3 is 1. The number of carbonyl (C=O) groups is 2. The van der Waals surface area contributed by atoms with Crippen molar-refractivity contribution >= 4 is 33.2 Å². The van der Waals surface area contributed by atoms with Gasteiger partial charge in [-0.3, -0.25) is 14.3 Å². The minimum absolute atomic E-state index is 0.137. The van der Waals surface area contributed by atoms with Crippen LogP contribution in [0.25, 0.3) is 0 Å². The summed E-state index contributed by atoms with van der Waals surface area (Å²) in [5, 5.41) is 5.35. The van der Waals surface area contributed by atoms with Gasteiger partial charge in [-0.2, -0.15) is 0 Å². The predicted molar refractivity (Wildman–Crippen MR) is 104 cm³/mol. The van der Waals surface area contributed by atoms with Crippen LogP contribution in [0.2, 0.25) is 0 Å². The summed E-state index contributed by atoms with van der Waals surface area (Å²) in [6.45, 7) is 0.698. The number of amides is 2. The number of para-hydroxylation sites is 2. The van der Waals surface area contributed by atoms with E-state index in [9.17, 15) is 18.0 Å². The van der Waals surface area contributed by atoms with Gasteiger partial charge >= 0.3 is 0 Å². The van der Waals surface area contributed by atoms with Crippen LogP contribution in [0.3, 0.4) is 0 Å². The van der Waals surface area contributed by atoms with Gasteiger partial charge in [0, 0.05) is 13.7 Å². The van der Waals surface area contributed by atoms with E-state index in [1.54, 1.807) is 36.4 Å². The Morgan fingerprint density at radius 2 is 1.48 bits per heavy atom. The van der Waals surface area contributed by atoms with Gasteiger partial charge in [-0.05, 0) is 24.3 Å². The van der Waals surface area contributed by atoms with Gasteiger partial charge in [0.05, 0.1) is 35.4 Å². The molecule has 0 aliphatic heterocycles. The van der Waals surface area contributed by atoms with Crippen LogP contribution >= 0.6 is 0 Å². The Bertz CT molecular complexity index is 928. The van der Waals surface area contributed by atoms with E-state index in [-0.39, 0.29) is 22.7 Å². The van der Waals surface area contributed by atoms with Crippen LogP contribution in [-0.2, 0) is 14.8 Å². The predicted octanol–water partition coefficient (Wildman–Crippen LogP) is 1.69. The van der Waals surface area contributed by atoms with Gasteiger partial charge in [-0.25, -0.2) is 8.42 Å². The molecule has 0 aliphatic carbocycles. The number of hydrogen-bond donors (Lipinski definition) is 3. The molecule has 144 valence electrons. The normalized spacial score (nSPS) is 10.9. The minimum atomic E-state index is -3.55. The summed E-state index contributed by atoms with van der Waals surface area (Å²) >= 11 is 0. The van der Waals surface area contributed by atoms with Gasteiger partial charge in [0.2, 0.25) is 10.0 Å². The van der Waals surface area contributed by atoms with Crippen molar-refractivity contribution in [3.8, 4) is 0 Å². The maximum atomic E-state index is 12.7. The Morgan fingerprint density at radius 1 is 0.926 bits per heavy atom. The second-order valence-electron chi connectivity index (χ2n) is 5.67. The zero-order chi connectivity index (χ0) is 19.9. The first kappa shape index (κ1) is 20.4. The molecular weight excluding hydrogens is 370 g/mol. The molecule has 0 aromatic heterocycles. The van der Waals surface area contributed by atoms with Crippen molar-refractivity contribution < 1.29 is 22.7 Å². The SMILES string of the molecule is COCCNC(=O)c1ccccc1NC(=O)c1ccccc1NS(C)(=O)=O. The van der Waals surface area contributed by atoms with Gasteiger partial charge in [0.25, 0.3) is 11.8 Å². The topological polar surface area (TPSA) is 114 Å². The number of hydrogen-bond acceptors (Lipinski definition) is 5. The summed E-state index contributed by atoms with van der Waals surface area (Å²) in [6, 6.07) is 12.7. The van der Waals surface area contributed by atoms with Crippen molar-refractivity contribution in [2.24, 2.45) is 0 Å². The van der Waals surface area contributed by atoms with Crippen LogP contribution in [0.4, 0.5) is 11.4 Å². The standard InChI is InChI=1S/C18H21N3O5S/c1-26-12-11-19-17(22)13-7-3-5-9-15(13)20-18(23)14-8-4-6-10-16(14)21-27(2,24)25/h3-10,21H,11-12H2,1-2H3,(H,19,22)(H,20,23). The van der Waals surface area contributed by atoms with Gasteiger partial charge in [-0.15, -0.1) is 0 Å². The molecule has 0 bridgehead atoms. The first-order chi connectivity index (χ1) is 12.8. The van der Waals surface area contributed by atoms with E-state index in [2.05, 4.69) is 15.4 Å². The number of ether oxygens (including phenoxy) is 1. The molecular formula is C18H21N3O5S. The monoisotopic (exact) mass is 391 g/mol. The summed E-state index contributed by atoms with van der Waals surface area (Å²) in [5.74, 6) is -0.899. The second kappa shape index (κ2) is 9.15. The molecule has 2 rings (SSSR count). The number of anilines is 2. The molecule has 0 saturated carbocycles. The molecule has 0 aliphatic rings. The Labute approximate surface area is 158 Å². The Hall–Kier alpha value is -2.91. The van der Waals surface area contributed by atoms with Crippen LogP contribution in [-0.4, -0.2) is 46.7 Å². The lowest BCUT2D eigenvalue weighted by molar-refractivity contribution is 0.0938. The molecule has 2 amide bonds. The largest absolute Gasteiger partial charge is 0.383 e. The minimum Gasteiger partial charge on any atom is -0.383 e. The highest BCUT2D eigenvalue weighted by Gasteiger charge is 2.17. The molecule has 2 aromatic rings. The van der Waals surface area contributed by atoms with Crippen molar-refractivity contribution in [2.75, 3.05) is 36.6 Å². The quantitative estimate of drug-likeness (QED) is 0.593. The van der Waals surface area contributed by atoms with E-state index in [1.165, 1.54) is 19.2 Å². The fraction of sp³-hybridized carbons (Fsp3) is 0.222. The zero-order valence-corrected chi connectivity index (χ0v) is 15.8. The van der Waals surface area contributed by atoms with E-state index in [0.29, 0.717) is 18.8 Å². The highest BCUT2D eigenvalue weighted by atomic mass is 32.2. The molecule has 27 heavy (non-hydrogen) atoms. The maximum absolute atomic E-state index is 12.7. The Balaban J connectivity index is 2.23. The summed E-state index contributed by atoms with van der Waals surface area (Å²) in [4.78, 5) is 25.0. The highest BCUT2D eigenvalue weighted by Crippen LogP contribution is 2.20. The molecule has 8 nitrogen and oxygen atoms in total. The first-order valence-corrected chi connectivity index (χ1v) is 9.95. The third-order valence-corrected chi connectivity index (χ3v) is 4.07. The third-order valence-electron chi connectivity index (χ3n) is 3.48. The average Bonchev–Trinajstić information content (AvgIpc) is 2.61. The van der Waals surface area contributed by atoms with Gasteiger partial charge in [-0.1, -0.05) is 24.3 Å². The van der Waals surface area contributed by atoms with E-state index < -0.39 is 15.9 Å². The molecule has 9 heteroatoms. The van der Waals surface area contributed by atoms with E-state index in [0.717, 1.165) is 6.26 Å². The number of benzene rings is 2. The molecule has 0 saturated heterocycles. The first-order valence-electron chi connectivity index (χ1n) is 8.06. The Kier molecular flexibility index (Phi) is 6.91. The molecule has 0 unspecified atom stereocenters. The molecule has 0 radical (unpaired) electrons. The molecule has 3 N–H and O–H groups in total. The van der Waals surface area contributed by atoms with Crippen molar-refractivity contribution in [2.45, 2.75) is 0 Å². The smallest absolute Gasteiger partial charge is 0.257 e. The van der Waals surface area contributed by atoms with E-state index in [1.807, 2.05) is 0 Å². The fourth-order valence-electron chi connectivity index (χ4n) is 2.31. The molecule has 2 aromatic carbocycles. The number of nitrogens with one attached hydrogen (secondary N) is 3. The fourth-order valence-corrected chi connectivity index (χ4v) is 2.89. The van der Waals surface area contributed by atoms with Crippen LogP contribution < -0.4 is 15.4 Å². The van der Waals surface area contributed by atoms with Crippen molar-refractivity contribution in [1.82, 2.24) is 5.32 Å². The molecule has 0 fully saturated rings. The molecule has 0 atom stereocenters. The van der Waals surface area contributed by atoms with E-state index >= 15 is 0 Å². The van der Waals surface area contributed by atoms with E-state index in [4.69, 9.17) is 4.74 Å². The lowest BCUT2D eigenvalue weighted by Gasteiger charge is -2.13. The summed E-state index contributed by atoms with van der Waals surface area (Å²) in [5.41, 5.74) is 0.888. The number of rotatable bonds is 8. The zero-order valence-electron chi connectivity index (χ0n) is 15.0. The second-order valence-corrected chi connectivity index (χ2v) is 7.42. The van der Waals surface area contributed by atoms with Crippen molar-refractivity contribution in [3.63, 3.8) is 0 Å². The van der Waals surface area contributed by atoms with Gasteiger partial charge < -0.3 is 15.4 Å². The lowest BCUT2D eigenvalue weighted by atomic mass is 10.1. The summed E-state index contributed by atoms with van der Waals surface area (Å²) < 4.78 is 30.2. The average molecular weight is 391 g/mol. The number of carbonyl (C=O) groups excluding carboxylic acids is 2. The number of sulfonamides is 1. The Morgan fingerprint density at radius 3 is 2.07 bits per heavy atom. The van der Waals surface area contributed by atoms with Crippen LogP contribution in [0.1, 0.15) is 20.7 Å². The van der Waals surface area contributed by atoms with Gasteiger partial charge in [0.15, 0.2) is 0 Å². The highest BCUT2D eigenvalue weighted by molar-refractivity contribution is 7.92. The summed E-state index contributed by atoms with van der Waals surface area (Å²) in [7, 11) is -2.02. The molecule has 0 heterocycles. The lowest BCUT2D eigenvalue weighted by Crippen LogP contribution is -2.28. The van der Waals surface area contributed by atoms with Gasteiger partial charge in [0.1, 0.15) is 0 Å². The van der Waals surface area contributed by atoms with Crippen LogP contribution in [0.5, 0.6) is 0 Å². The van der Waals surface area contributed by atoms with Crippen LogP contribution in [0.15, 0.2) is 48.5 Å². The van der Waals surface area contributed by atoms with Crippen LogP contribution in [0, 0.1) is 0 Å². The maximum Gasteiger partial charge on any atom is 0.257 e. The third kappa shape index (κ3) is 6.08. The molecule has 0 spiro atoms. The summed E-state index contributed by atoms with van der Waals surface area (Å²) in [6.07, 6.45) is 1.00. The van der Waals surface area contributed by atoms with Crippen molar-refractivity contribution in [1.29, 1.82) is 0 Å². The van der Waals surface area contributed by atoms with Crippen molar-refractivity contribution in [3.05, 3.63) is 59.7 Å².